The highest BCUT2D eigenvalue weighted by atomic mass is 35.5. The van der Waals surface area contributed by atoms with Crippen LogP contribution in [0.2, 0.25) is 5.02 Å². The van der Waals surface area contributed by atoms with Crippen LogP contribution in [-0.4, -0.2) is 42.0 Å². The zero-order chi connectivity index (χ0) is 21.5. The number of benzene rings is 2. The zero-order valence-electron chi connectivity index (χ0n) is 16.0. The molecule has 0 aliphatic carbocycles. The molecular formula is C19H17ClN4O4S2. The molecule has 0 radical (unpaired) electrons. The molecule has 0 spiro atoms. The van der Waals surface area contributed by atoms with E-state index in [0.29, 0.717) is 37.2 Å². The zero-order valence-corrected chi connectivity index (χ0v) is 18.4. The van der Waals surface area contributed by atoms with Gasteiger partial charge in [0.1, 0.15) is 0 Å². The van der Waals surface area contributed by atoms with Gasteiger partial charge in [0.25, 0.3) is 5.91 Å². The van der Waals surface area contributed by atoms with Crippen molar-refractivity contribution < 1.29 is 19.1 Å². The van der Waals surface area contributed by atoms with Crippen molar-refractivity contribution in [2.24, 2.45) is 0 Å². The van der Waals surface area contributed by atoms with Gasteiger partial charge in [0.2, 0.25) is 11.0 Å². The Labute approximate surface area is 185 Å². The minimum absolute atomic E-state index is 0.130. The smallest absolute Gasteiger partial charge is 0.257 e. The molecule has 0 unspecified atom stereocenters. The maximum absolute atomic E-state index is 12.2. The third kappa shape index (κ3) is 5.85. The number of aromatic nitrogens is 2. The van der Waals surface area contributed by atoms with E-state index in [0.717, 1.165) is 0 Å². The van der Waals surface area contributed by atoms with Gasteiger partial charge in [0.05, 0.1) is 20.0 Å². The lowest BCUT2D eigenvalue weighted by molar-refractivity contribution is -0.113. The molecule has 0 aliphatic heterocycles. The van der Waals surface area contributed by atoms with Gasteiger partial charge in [-0.15, -0.1) is 10.2 Å². The van der Waals surface area contributed by atoms with Gasteiger partial charge >= 0.3 is 0 Å². The fraction of sp³-hybridized carbons (Fsp3) is 0.158. The Kier molecular flexibility index (Phi) is 7.50. The average molecular weight is 465 g/mol. The maximum Gasteiger partial charge on any atom is 0.257 e. The number of hydrogen-bond donors (Lipinski definition) is 2. The Morgan fingerprint density at radius 3 is 2.60 bits per heavy atom. The van der Waals surface area contributed by atoms with E-state index in [1.165, 1.54) is 30.2 Å². The second kappa shape index (κ2) is 10.3. The molecule has 30 heavy (non-hydrogen) atoms. The first-order valence-corrected chi connectivity index (χ1v) is 10.7. The van der Waals surface area contributed by atoms with Crippen molar-refractivity contribution in [1.29, 1.82) is 0 Å². The molecule has 2 N–H and O–H groups in total. The molecule has 3 aromatic rings. The number of methoxy groups -OCH3 is 2. The van der Waals surface area contributed by atoms with Gasteiger partial charge in [0.15, 0.2) is 15.8 Å². The van der Waals surface area contributed by atoms with Crippen LogP contribution < -0.4 is 20.1 Å². The average Bonchev–Trinajstić information content (AvgIpc) is 3.19. The molecular weight excluding hydrogens is 448 g/mol. The summed E-state index contributed by atoms with van der Waals surface area (Å²) in [5.74, 6) is 0.673. The predicted octanol–water partition coefficient (Wildman–Crippen LogP) is 4.19. The Hall–Kier alpha value is -2.82. The lowest BCUT2D eigenvalue weighted by Gasteiger charge is -2.10. The van der Waals surface area contributed by atoms with E-state index >= 15 is 0 Å². The first-order chi connectivity index (χ1) is 14.5. The van der Waals surface area contributed by atoms with Crippen molar-refractivity contribution in [3.05, 3.63) is 53.1 Å². The maximum atomic E-state index is 12.2. The van der Waals surface area contributed by atoms with Crippen molar-refractivity contribution in [1.82, 2.24) is 10.2 Å². The molecule has 0 bridgehead atoms. The van der Waals surface area contributed by atoms with E-state index in [9.17, 15) is 9.59 Å². The number of anilines is 2. The van der Waals surface area contributed by atoms with Crippen molar-refractivity contribution in [3.8, 4) is 11.5 Å². The highest BCUT2D eigenvalue weighted by Crippen LogP contribution is 2.30. The number of carbonyl (C=O) groups excluding carboxylic acids is 2. The first-order valence-electron chi connectivity index (χ1n) is 8.53. The minimum Gasteiger partial charge on any atom is -0.493 e. The first kappa shape index (κ1) is 21.9. The molecule has 0 atom stereocenters. The van der Waals surface area contributed by atoms with Crippen LogP contribution in [-0.2, 0) is 4.79 Å². The summed E-state index contributed by atoms with van der Waals surface area (Å²) < 4.78 is 10.9. The third-order valence-electron chi connectivity index (χ3n) is 3.71. The lowest BCUT2D eigenvalue weighted by Crippen LogP contribution is -2.14. The van der Waals surface area contributed by atoms with E-state index in [2.05, 4.69) is 20.8 Å². The van der Waals surface area contributed by atoms with Crippen LogP contribution in [0.3, 0.4) is 0 Å². The summed E-state index contributed by atoms with van der Waals surface area (Å²) in [4.78, 5) is 24.4. The van der Waals surface area contributed by atoms with Crippen LogP contribution >= 0.6 is 34.7 Å². The summed E-state index contributed by atoms with van der Waals surface area (Å²) in [6.45, 7) is 0. The Bertz CT molecular complexity index is 1060. The highest BCUT2D eigenvalue weighted by Gasteiger charge is 2.13. The molecule has 3 rings (SSSR count). The number of hydrogen-bond acceptors (Lipinski definition) is 8. The second-order valence-corrected chi connectivity index (χ2v) is 8.38. The van der Waals surface area contributed by atoms with Gasteiger partial charge in [-0.3, -0.25) is 14.9 Å². The molecule has 0 fully saturated rings. The second-order valence-electron chi connectivity index (χ2n) is 5.74. The van der Waals surface area contributed by atoms with E-state index in [1.807, 2.05) is 0 Å². The minimum atomic E-state index is -0.337. The summed E-state index contributed by atoms with van der Waals surface area (Å²) >= 11 is 8.29. The molecule has 8 nitrogen and oxygen atoms in total. The monoisotopic (exact) mass is 464 g/mol. The number of nitrogens with one attached hydrogen (secondary N) is 2. The molecule has 11 heteroatoms. The Morgan fingerprint density at radius 1 is 1.07 bits per heavy atom. The molecule has 156 valence electrons. The van der Waals surface area contributed by atoms with Crippen molar-refractivity contribution in [3.63, 3.8) is 0 Å². The van der Waals surface area contributed by atoms with Crippen LogP contribution in [0, 0.1) is 0 Å². The van der Waals surface area contributed by atoms with Crippen LogP contribution in [0.1, 0.15) is 10.4 Å². The number of carbonyl (C=O) groups is 2. The SMILES string of the molecule is COc1ccc(NC(=O)CSc2nnc(NC(=O)c3cccc(Cl)c3)s2)cc1OC. The molecule has 2 amide bonds. The number of halogens is 1. The fourth-order valence-electron chi connectivity index (χ4n) is 2.36. The van der Waals surface area contributed by atoms with Crippen LogP contribution in [0.5, 0.6) is 11.5 Å². The largest absolute Gasteiger partial charge is 0.493 e. The van der Waals surface area contributed by atoms with Gasteiger partial charge in [-0.25, -0.2) is 0 Å². The van der Waals surface area contributed by atoms with Gasteiger partial charge in [-0.2, -0.15) is 0 Å². The van der Waals surface area contributed by atoms with Gasteiger partial charge in [0, 0.05) is 22.3 Å². The van der Waals surface area contributed by atoms with E-state index < -0.39 is 0 Å². The summed E-state index contributed by atoms with van der Waals surface area (Å²) in [7, 11) is 3.07. The van der Waals surface area contributed by atoms with Crippen molar-refractivity contribution in [2.75, 3.05) is 30.6 Å². The number of thioether (sulfide) groups is 1. The highest BCUT2D eigenvalue weighted by molar-refractivity contribution is 8.01. The van der Waals surface area contributed by atoms with Gasteiger partial charge in [-0.1, -0.05) is 40.8 Å². The van der Waals surface area contributed by atoms with Crippen LogP contribution in [0.4, 0.5) is 10.8 Å². The van der Waals surface area contributed by atoms with E-state index in [4.69, 9.17) is 21.1 Å². The van der Waals surface area contributed by atoms with Crippen LogP contribution in [0.25, 0.3) is 0 Å². The standard InChI is InChI=1S/C19H17ClN4O4S2/c1-27-14-7-6-13(9-15(14)28-2)21-16(25)10-29-19-24-23-18(30-19)22-17(26)11-4-3-5-12(20)8-11/h3-9H,10H2,1-2H3,(H,21,25)(H,22,23,26). The molecule has 0 aliphatic rings. The number of rotatable bonds is 8. The summed E-state index contributed by atoms with van der Waals surface area (Å²) in [5, 5.41) is 14.2. The molecule has 0 saturated heterocycles. The van der Waals surface area contributed by atoms with Gasteiger partial charge in [-0.05, 0) is 30.3 Å². The molecule has 2 aromatic carbocycles. The topological polar surface area (TPSA) is 102 Å². The molecule has 1 heterocycles. The summed E-state index contributed by atoms with van der Waals surface area (Å²) in [6, 6.07) is 11.7. The quantitative estimate of drug-likeness (QED) is 0.380. The normalized spacial score (nSPS) is 10.4. The lowest BCUT2D eigenvalue weighted by atomic mass is 10.2. The van der Waals surface area contributed by atoms with Crippen LogP contribution in [0.15, 0.2) is 46.8 Å². The Morgan fingerprint density at radius 2 is 1.87 bits per heavy atom. The van der Waals surface area contributed by atoms with E-state index in [-0.39, 0.29) is 17.6 Å². The number of amides is 2. The summed E-state index contributed by atoms with van der Waals surface area (Å²) in [6.07, 6.45) is 0. The number of nitrogens with zero attached hydrogens (tertiary/aromatic N) is 2. The summed E-state index contributed by atoms with van der Waals surface area (Å²) in [5.41, 5.74) is 1.01. The molecule has 1 aromatic heterocycles. The number of ether oxygens (including phenoxy) is 2. The van der Waals surface area contributed by atoms with E-state index in [1.54, 1.807) is 49.6 Å². The third-order valence-corrected chi connectivity index (χ3v) is 5.91. The van der Waals surface area contributed by atoms with Crippen molar-refractivity contribution in [2.45, 2.75) is 4.34 Å². The van der Waals surface area contributed by atoms with Crippen molar-refractivity contribution >= 4 is 57.3 Å². The molecule has 0 saturated carbocycles. The van der Waals surface area contributed by atoms with Gasteiger partial charge < -0.3 is 14.8 Å². The fourth-order valence-corrected chi connectivity index (χ4v) is 4.09. The Balaban J connectivity index is 1.52. The predicted molar refractivity (Wildman–Crippen MR) is 118 cm³/mol.